The summed E-state index contributed by atoms with van der Waals surface area (Å²) in [4.78, 5) is 3.78. The van der Waals surface area contributed by atoms with Crippen LogP contribution < -0.4 is 10.5 Å². The molecule has 1 heterocycles. The van der Waals surface area contributed by atoms with Crippen LogP contribution in [-0.4, -0.2) is 12.1 Å². The van der Waals surface area contributed by atoms with E-state index < -0.39 is 0 Å². The van der Waals surface area contributed by atoms with Crippen molar-refractivity contribution in [3.8, 4) is 5.88 Å². The number of nitrogens with zero attached hydrogens (tertiary/aromatic N) is 1. The van der Waals surface area contributed by atoms with Gasteiger partial charge in [0.05, 0.1) is 17.8 Å². The Morgan fingerprint density at radius 2 is 2.18 bits per heavy atom. The maximum Gasteiger partial charge on any atom is 0.238 e. The van der Waals surface area contributed by atoms with E-state index in [0.717, 1.165) is 0 Å². The van der Waals surface area contributed by atoms with Crippen molar-refractivity contribution in [1.29, 1.82) is 0 Å². The Kier molecular flexibility index (Phi) is 2.42. The van der Waals surface area contributed by atoms with E-state index >= 15 is 0 Å². The van der Waals surface area contributed by atoms with Gasteiger partial charge >= 0.3 is 0 Å². The largest absolute Gasteiger partial charge is 0.479 e. The zero-order chi connectivity index (χ0) is 8.43. The van der Waals surface area contributed by atoms with E-state index in [9.17, 15) is 0 Å². The van der Waals surface area contributed by atoms with Crippen molar-refractivity contribution in [2.75, 3.05) is 12.8 Å². The third-order valence-corrected chi connectivity index (χ3v) is 1.79. The Morgan fingerprint density at radius 1 is 1.55 bits per heavy atom. The van der Waals surface area contributed by atoms with Crippen LogP contribution in [-0.2, 0) is 0 Å². The minimum atomic E-state index is 0.192. The minimum absolute atomic E-state index is 0.192. The number of nitrogen functional groups attached to an aromatic ring is 1. The number of rotatable bonds is 1. The van der Waals surface area contributed by atoms with Crippen molar-refractivity contribution in [1.82, 2.24) is 4.98 Å². The highest BCUT2D eigenvalue weighted by Gasteiger charge is 2.05. The van der Waals surface area contributed by atoms with E-state index in [2.05, 4.69) is 4.98 Å². The molecule has 0 saturated heterocycles. The fourth-order valence-corrected chi connectivity index (χ4v) is 0.920. The summed E-state index contributed by atoms with van der Waals surface area (Å²) < 4.78 is 4.80. The maximum atomic E-state index is 5.61. The molecule has 0 saturated carbocycles. The molecular weight excluding hydrogens is 187 g/mol. The van der Waals surface area contributed by atoms with E-state index in [4.69, 9.17) is 33.7 Å². The summed E-state index contributed by atoms with van der Waals surface area (Å²) in [5.41, 5.74) is 5.85. The summed E-state index contributed by atoms with van der Waals surface area (Å²) >= 11 is 11.2. The predicted molar refractivity (Wildman–Crippen MR) is 45.2 cm³/mol. The van der Waals surface area contributed by atoms with Gasteiger partial charge in [0.1, 0.15) is 0 Å². The van der Waals surface area contributed by atoms with Crippen molar-refractivity contribution in [3.05, 3.63) is 16.2 Å². The van der Waals surface area contributed by atoms with E-state index in [1.807, 2.05) is 0 Å². The molecule has 60 valence electrons. The van der Waals surface area contributed by atoms with Gasteiger partial charge in [0.15, 0.2) is 5.15 Å². The van der Waals surface area contributed by atoms with Gasteiger partial charge in [0.25, 0.3) is 0 Å². The lowest BCUT2D eigenvalue weighted by molar-refractivity contribution is 0.400. The van der Waals surface area contributed by atoms with Crippen LogP contribution in [0.4, 0.5) is 5.69 Å². The second kappa shape index (κ2) is 3.15. The highest BCUT2D eigenvalue weighted by molar-refractivity contribution is 6.41. The number of halogens is 2. The van der Waals surface area contributed by atoms with E-state index in [1.165, 1.54) is 13.2 Å². The van der Waals surface area contributed by atoms with Gasteiger partial charge in [0, 0.05) is 0 Å². The number of aromatic nitrogens is 1. The van der Waals surface area contributed by atoms with Crippen LogP contribution in [0.1, 0.15) is 0 Å². The first-order chi connectivity index (χ1) is 5.15. The van der Waals surface area contributed by atoms with Crippen molar-refractivity contribution >= 4 is 28.9 Å². The summed E-state index contributed by atoms with van der Waals surface area (Å²) in [6.45, 7) is 0. The Labute approximate surface area is 74.1 Å². The lowest BCUT2D eigenvalue weighted by atomic mass is 10.4. The summed E-state index contributed by atoms with van der Waals surface area (Å²) in [6, 6.07) is 1.50. The quantitative estimate of drug-likeness (QED) is 0.693. The Hall–Kier alpha value is -0.670. The Bertz CT molecular complexity index is 278. The Morgan fingerprint density at radius 3 is 2.73 bits per heavy atom. The molecule has 0 aliphatic carbocycles. The first-order valence-electron chi connectivity index (χ1n) is 2.80. The summed E-state index contributed by atoms with van der Waals surface area (Å²) in [7, 11) is 1.46. The monoisotopic (exact) mass is 192 g/mol. The van der Waals surface area contributed by atoms with E-state index in [1.54, 1.807) is 0 Å². The molecule has 0 atom stereocenters. The van der Waals surface area contributed by atoms with Gasteiger partial charge < -0.3 is 10.5 Å². The molecule has 0 spiro atoms. The van der Waals surface area contributed by atoms with Crippen LogP contribution in [0.25, 0.3) is 0 Å². The van der Waals surface area contributed by atoms with Crippen molar-refractivity contribution < 1.29 is 4.74 Å². The molecule has 3 nitrogen and oxygen atoms in total. The molecule has 5 heteroatoms. The molecule has 0 unspecified atom stereocenters. The average molecular weight is 193 g/mol. The van der Waals surface area contributed by atoms with Gasteiger partial charge in [-0.25, -0.2) is 0 Å². The molecule has 1 aromatic rings. The van der Waals surface area contributed by atoms with Gasteiger partial charge in [-0.3, -0.25) is 0 Å². The molecule has 2 N–H and O–H groups in total. The van der Waals surface area contributed by atoms with Gasteiger partial charge in [-0.1, -0.05) is 23.2 Å². The topological polar surface area (TPSA) is 48.1 Å². The second-order valence-corrected chi connectivity index (χ2v) is 2.62. The third kappa shape index (κ3) is 1.67. The molecule has 0 aromatic carbocycles. The highest BCUT2D eigenvalue weighted by atomic mass is 35.5. The normalized spacial score (nSPS) is 9.73. The third-order valence-electron chi connectivity index (χ3n) is 1.12. The molecule has 1 rings (SSSR count). The summed E-state index contributed by atoms with van der Waals surface area (Å²) in [6.07, 6.45) is 0. The number of anilines is 1. The lowest BCUT2D eigenvalue weighted by Gasteiger charge is -2.03. The molecular formula is C6H6Cl2N2O. The number of pyridine rings is 1. The van der Waals surface area contributed by atoms with Crippen LogP contribution in [0, 0.1) is 0 Å². The number of ether oxygens (including phenoxy) is 1. The van der Waals surface area contributed by atoms with Crippen LogP contribution in [0.2, 0.25) is 10.2 Å². The minimum Gasteiger partial charge on any atom is -0.479 e. The molecule has 0 radical (unpaired) electrons. The fraction of sp³-hybridized carbons (Fsp3) is 0.167. The molecule has 11 heavy (non-hydrogen) atoms. The standard InChI is InChI=1S/C6H6Cl2N2O/c1-11-6-4(9)2-3(7)5(8)10-6/h2H,9H2,1H3. The highest BCUT2D eigenvalue weighted by Crippen LogP contribution is 2.27. The van der Waals surface area contributed by atoms with E-state index in [-0.39, 0.29) is 5.15 Å². The zero-order valence-corrected chi connectivity index (χ0v) is 7.28. The zero-order valence-electron chi connectivity index (χ0n) is 5.77. The Balaban J connectivity index is 3.21. The number of nitrogens with two attached hydrogens (primary N) is 1. The van der Waals surface area contributed by atoms with Gasteiger partial charge in [-0.2, -0.15) is 4.98 Å². The molecule has 0 aliphatic rings. The molecule has 1 aromatic heterocycles. The predicted octanol–water partition coefficient (Wildman–Crippen LogP) is 1.98. The average Bonchev–Trinajstić information content (AvgIpc) is 1.97. The van der Waals surface area contributed by atoms with Gasteiger partial charge in [-0.15, -0.1) is 0 Å². The van der Waals surface area contributed by atoms with Crippen molar-refractivity contribution in [2.24, 2.45) is 0 Å². The van der Waals surface area contributed by atoms with Crippen LogP contribution in [0.15, 0.2) is 6.07 Å². The molecule has 0 aliphatic heterocycles. The van der Waals surface area contributed by atoms with E-state index in [0.29, 0.717) is 16.6 Å². The van der Waals surface area contributed by atoms with Gasteiger partial charge in [-0.05, 0) is 6.07 Å². The lowest BCUT2D eigenvalue weighted by Crippen LogP contribution is -1.95. The van der Waals surface area contributed by atoms with Crippen molar-refractivity contribution in [2.45, 2.75) is 0 Å². The fourth-order valence-electron chi connectivity index (χ4n) is 0.628. The molecule has 0 fully saturated rings. The summed E-state index contributed by atoms with van der Waals surface area (Å²) in [5, 5.41) is 0.516. The number of hydrogen-bond donors (Lipinski definition) is 1. The SMILES string of the molecule is COc1nc(Cl)c(Cl)cc1N. The van der Waals surface area contributed by atoms with Crippen LogP contribution in [0.5, 0.6) is 5.88 Å². The first-order valence-corrected chi connectivity index (χ1v) is 3.56. The first kappa shape index (κ1) is 8.43. The molecule has 0 bridgehead atoms. The second-order valence-electron chi connectivity index (χ2n) is 1.86. The molecule has 0 amide bonds. The summed E-state index contributed by atoms with van der Waals surface area (Å²) in [5.74, 6) is 0.291. The maximum absolute atomic E-state index is 5.61. The van der Waals surface area contributed by atoms with Gasteiger partial charge in [0.2, 0.25) is 5.88 Å². The smallest absolute Gasteiger partial charge is 0.238 e. The van der Waals surface area contributed by atoms with Crippen molar-refractivity contribution in [3.63, 3.8) is 0 Å². The number of methoxy groups -OCH3 is 1. The van der Waals surface area contributed by atoms with Crippen LogP contribution in [0.3, 0.4) is 0 Å². The number of hydrogen-bond acceptors (Lipinski definition) is 3. The van der Waals surface area contributed by atoms with Crippen LogP contribution >= 0.6 is 23.2 Å².